The van der Waals surface area contributed by atoms with Crippen molar-refractivity contribution in [1.29, 1.82) is 5.53 Å². The van der Waals surface area contributed by atoms with Crippen LogP contribution in [0.2, 0.25) is 0 Å². The quantitative estimate of drug-likeness (QED) is 0.475. The largest absolute Gasteiger partial charge is 0.360 e. The number of halogens is 1. The number of carbonyl (C=O) groups excluding carboxylic acids is 1. The van der Waals surface area contributed by atoms with Crippen molar-refractivity contribution in [3.8, 4) is 0 Å². The number of nitrogens with one attached hydrogen (secondary N) is 4. The lowest BCUT2D eigenvalue weighted by Crippen LogP contribution is -2.46. The number of benzene rings is 2. The normalized spacial score (nSPS) is 14.5. The average Bonchev–Trinajstić information content (AvgIpc) is 2.80. The fourth-order valence-electron chi connectivity index (χ4n) is 3.48. The number of nitrogens with zero attached hydrogens (tertiary/aromatic N) is 2. The first kappa shape index (κ1) is 20.4. The Balaban J connectivity index is 1.59. The Labute approximate surface area is 177 Å². The smallest absolute Gasteiger partial charge is 0.258 e. The van der Waals surface area contributed by atoms with Crippen molar-refractivity contribution in [2.45, 2.75) is 0 Å². The molecule has 2 heterocycles. The van der Waals surface area contributed by atoms with Crippen LogP contribution in [0.25, 0.3) is 16.6 Å². The average molecular weight is 420 g/mol. The van der Waals surface area contributed by atoms with Gasteiger partial charge in [0.25, 0.3) is 11.5 Å². The van der Waals surface area contributed by atoms with Crippen molar-refractivity contribution in [2.75, 3.05) is 31.5 Å². The number of H-pyrrole nitrogens is 1. The van der Waals surface area contributed by atoms with Gasteiger partial charge in [0.1, 0.15) is 11.5 Å². The highest BCUT2D eigenvalue weighted by Gasteiger charge is 2.18. The minimum absolute atomic E-state index is 0.0486. The highest BCUT2D eigenvalue weighted by molar-refractivity contribution is 5.95. The third kappa shape index (κ3) is 4.51. The Hall–Kier alpha value is -3.85. The van der Waals surface area contributed by atoms with Gasteiger partial charge in [-0.05, 0) is 42.5 Å². The van der Waals surface area contributed by atoms with E-state index in [-0.39, 0.29) is 17.2 Å². The number of fused-ring (bicyclic) bond motifs is 1. The number of carbonyl (C=O) groups is 1. The number of pyridine rings is 1. The fourth-order valence-corrected chi connectivity index (χ4v) is 3.48. The molecule has 3 aromatic rings. The third-order valence-corrected chi connectivity index (χ3v) is 5.09. The number of rotatable bonds is 5. The Bertz CT molecular complexity index is 1230. The lowest BCUT2D eigenvalue weighted by atomic mass is 10.1. The molecule has 1 aliphatic rings. The number of amides is 1. The zero-order valence-electron chi connectivity index (χ0n) is 16.6. The maximum absolute atomic E-state index is 13.5. The standard InChI is InChI=1S/C22H21FN6O2/c23-16-4-5-19-15(10-16)12-18(21(30)27-19)20(28-24)13-26-17-3-1-2-14(11-17)22(31)29-8-6-25-7-9-29/h1-5,10-13,24-26H,6-9H2,(H,27,30)/b20-13-,28-24?. The Morgan fingerprint density at radius 1 is 1.16 bits per heavy atom. The second-order valence-electron chi connectivity index (χ2n) is 7.15. The highest BCUT2D eigenvalue weighted by atomic mass is 19.1. The van der Waals surface area contributed by atoms with Crippen LogP contribution in [0.5, 0.6) is 0 Å². The first-order chi connectivity index (χ1) is 15.0. The maximum Gasteiger partial charge on any atom is 0.258 e. The van der Waals surface area contributed by atoms with Crippen molar-refractivity contribution in [3.63, 3.8) is 0 Å². The monoisotopic (exact) mass is 420 g/mol. The van der Waals surface area contributed by atoms with Gasteiger partial charge in [-0.15, -0.1) is 0 Å². The van der Waals surface area contributed by atoms with E-state index < -0.39 is 11.4 Å². The lowest BCUT2D eigenvalue weighted by molar-refractivity contribution is 0.0736. The molecular formula is C22H21FN6O2. The summed E-state index contributed by atoms with van der Waals surface area (Å²) in [5.41, 5.74) is 8.90. The molecule has 158 valence electrons. The predicted octanol–water partition coefficient (Wildman–Crippen LogP) is 3.15. The summed E-state index contributed by atoms with van der Waals surface area (Å²) in [4.78, 5) is 29.6. The van der Waals surface area contributed by atoms with Crippen LogP contribution in [0.15, 0.2) is 64.6 Å². The lowest BCUT2D eigenvalue weighted by Gasteiger charge is -2.27. The highest BCUT2D eigenvalue weighted by Crippen LogP contribution is 2.19. The Morgan fingerprint density at radius 3 is 2.74 bits per heavy atom. The van der Waals surface area contributed by atoms with E-state index in [1.165, 1.54) is 30.5 Å². The van der Waals surface area contributed by atoms with E-state index in [0.717, 1.165) is 13.1 Å². The van der Waals surface area contributed by atoms with E-state index in [0.29, 0.717) is 35.2 Å². The van der Waals surface area contributed by atoms with Crippen LogP contribution in [0.1, 0.15) is 15.9 Å². The number of aromatic nitrogens is 1. The minimum atomic E-state index is -0.439. The summed E-state index contributed by atoms with van der Waals surface area (Å²) in [7, 11) is 0. The van der Waals surface area contributed by atoms with Gasteiger partial charge in [-0.1, -0.05) is 6.07 Å². The second kappa shape index (κ2) is 8.88. The van der Waals surface area contributed by atoms with Crippen molar-refractivity contribution in [2.24, 2.45) is 5.11 Å². The number of hydrogen-bond acceptors (Lipinski definition) is 6. The van der Waals surface area contributed by atoms with Gasteiger partial charge in [0.15, 0.2) is 0 Å². The van der Waals surface area contributed by atoms with Crippen molar-refractivity contribution in [1.82, 2.24) is 15.2 Å². The summed E-state index contributed by atoms with van der Waals surface area (Å²) in [6, 6.07) is 12.5. The first-order valence-electron chi connectivity index (χ1n) is 9.82. The van der Waals surface area contributed by atoms with Crippen LogP contribution < -0.4 is 16.2 Å². The van der Waals surface area contributed by atoms with Gasteiger partial charge in [0, 0.05) is 54.5 Å². The van der Waals surface area contributed by atoms with Crippen molar-refractivity contribution in [3.05, 3.63) is 82.0 Å². The molecular weight excluding hydrogens is 399 g/mol. The molecule has 1 saturated heterocycles. The number of hydrogen-bond donors (Lipinski definition) is 4. The molecule has 0 spiro atoms. The number of piperazine rings is 1. The summed E-state index contributed by atoms with van der Waals surface area (Å²) < 4.78 is 13.5. The Morgan fingerprint density at radius 2 is 1.97 bits per heavy atom. The molecule has 0 radical (unpaired) electrons. The predicted molar refractivity (Wildman–Crippen MR) is 116 cm³/mol. The van der Waals surface area contributed by atoms with Crippen molar-refractivity contribution < 1.29 is 9.18 Å². The molecule has 0 aliphatic carbocycles. The van der Waals surface area contributed by atoms with Crippen LogP contribution in [-0.2, 0) is 0 Å². The van der Waals surface area contributed by atoms with Gasteiger partial charge in [-0.2, -0.15) is 5.11 Å². The van der Waals surface area contributed by atoms with E-state index in [1.54, 1.807) is 29.2 Å². The molecule has 8 nitrogen and oxygen atoms in total. The van der Waals surface area contributed by atoms with E-state index in [4.69, 9.17) is 5.53 Å². The molecule has 1 aromatic heterocycles. The van der Waals surface area contributed by atoms with Crippen LogP contribution in [0, 0.1) is 11.3 Å². The van der Waals surface area contributed by atoms with Crippen LogP contribution in [0.4, 0.5) is 10.1 Å². The van der Waals surface area contributed by atoms with Crippen molar-refractivity contribution >= 4 is 28.2 Å². The van der Waals surface area contributed by atoms with Gasteiger partial charge in [-0.3, -0.25) is 9.59 Å². The van der Waals surface area contributed by atoms with Crippen LogP contribution >= 0.6 is 0 Å². The Kier molecular flexibility index (Phi) is 5.85. The zero-order valence-corrected chi connectivity index (χ0v) is 16.6. The van der Waals surface area contributed by atoms with E-state index in [2.05, 4.69) is 20.7 Å². The summed E-state index contributed by atoms with van der Waals surface area (Å²) in [6.45, 7) is 2.85. The van der Waals surface area contributed by atoms with Gasteiger partial charge in [0.05, 0.1) is 5.56 Å². The fraction of sp³-hybridized carbons (Fsp3) is 0.182. The topological polar surface area (TPSA) is 113 Å². The van der Waals surface area contributed by atoms with Gasteiger partial charge < -0.3 is 20.5 Å². The van der Waals surface area contributed by atoms with E-state index in [9.17, 15) is 14.0 Å². The summed E-state index contributed by atoms with van der Waals surface area (Å²) in [5, 5.41) is 10.1. The first-order valence-corrected chi connectivity index (χ1v) is 9.82. The third-order valence-electron chi connectivity index (χ3n) is 5.09. The molecule has 1 fully saturated rings. The molecule has 4 rings (SSSR count). The molecule has 0 bridgehead atoms. The second-order valence-corrected chi connectivity index (χ2v) is 7.15. The SMILES string of the molecule is N=N/C(=C\Nc1cccc(C(=O)N2CCNCC2)c1)c1cc2cc(F)ccc2[nH]c1=O. The van der Waals surface area contributed by atoms with Crippen LogP contribution in [0.3, 0.4) is 0 Å². The molecule has 1 aliphatic heterocycles. The molecule has 1 amide bonds. The summed E-state index contributed by atoms with van der Waals surface area (Å²) in [5.74, 6) is -0.476. The summed E-state index contributed by atoms with van der Waals surface area (Å²) >= 11 is 0. The summed E-state index contributed by atoms with van der Waals surface area (Å²) in [6.07, 6.45) is 1.41. The number of aromatic amines is 1. The van der Waals surface area contributed by atoms with E-state index in [1.807, 2.05) is 0 Å². The molecule has 0 unspecified atom stereocenters. The molecule has 4 N–H and O–H groups in total. The maximum atomic E-state index is 13.5. The van der Waals surface area contributed by atoms with Crippen LogP contribution in [-0.4, -0.2) is 42.0 Å². The van der Waals surface area contributed by atoms with Gasteiger partial charge in [0.2, 0.25) is 0 Å². The molecule has 0 saturated carbocycles. The van der Waals surface area contributed by atoms with Gasteiger partial charge >= 0.3 is 0 Å². The molecule has 0 atom stereocenters. The number of anilines is 1. The molecule has 9 heteroatoms. The molecule has 31 heavy (non-hydrogen) atoms. The van der Waals surface area contributed by atoms with E-state index >= 15 is 0 Å². The zero-order chi connectivity index (χ0) is 21.8. The minimum Gasteiger partial charge on any atom is -0.360 e. The molecule has 2 aromatic carbocycles. The van der Waals surface area contributed by atoms with Gasteiger partial charge in [-0.25, -0.2) is 9.92 Å².